The Morgan fingerprint density at radius 2 is 2.64 bits per heavy atom. The molecule has 0 spiro atoms. The number of hydrogen-bond donors (Lipinski definition) is 1. The first-order valence-corrected chi connectivity index (χ1v) is 4.27. The Morgan fingerprint density at radius 3 is 3.18 bits per heavy atom. The largest absolute Gasteiger partial charge is 0.350 e. The summed E-state index contributed by atoms with van der Waals surface area (Å²) < 4.78 is 3.55. The molecule has 0 radical (unpaired) electrons. The third kappa shape index (κ3) is 2.44. The van der Waals surface area contributed by atoms with Gasteiger partial charge < -0.3 is 5.32 Å². The Labute approximate surface area is 72.7 Å². The number of amides is 1. The SMILES string of the molecule is O=C(NCCCl)c1cnns1. The van der Waals surface area contributed by atoms with Crippen LogP contribution in [-0.2, 0) is 0 Å². The minimum Gasteiger partial charge on any atom is -0.350 e. The number of aromatic nitrogens is 2. The summed E-state index contributed by atoms with van der Waals surface area (Å²) in [6, 6.07) is 0. The van der Waals surface area contributed by atoms with Crippen molar-refractivity contribution in [3.05, 3.63) is 11.1 Å². The first-order chi connectivity index (χ1) is 5.34. The van der Waals surface area contributed by atoms with Crippen molar-refractivity contribution in [1.29, 1.82) is 0 Å². The number of nitrogens with one attached hydrogen (secondary N) is 1. The number of nitrogens with zero attached hydrogens (tertiary/aromatic N) is 2. The summed E-state index contributed by atoms with van der Waals surface area (Å²) in [6.45, 7) is 0.471. The predicted octanol–water partition coefficient (Wildman–Crippen LogP) is 0.507. The molecular weight excluding hydrogens is 186 g/mol. The molecule has 1 aromatic rings. The van der Waals surface area contributed by atoms with Crippen molar-refractivity contribution in [2.45, 2.75) is 0 Å². The molecule has 0 saturated heterocycles. The topological polar surface area (TPSA) is 54.9 Å². The number of hydrogen-bond acceptors (Lipinski definition) is 4. The standard InChI is InChI=1S/C5H6ClN3OS/c6-1-2-7-5(10)4-3-8-9-11-4/h3H,1-2H2,(H,7,10). The van der Waals surface area contributed by atoms with E-state index >= 15 is 0 Å². The molecule has 4 nitrogen and oxygen atoms in total. The maximum atomic E-state index is 11.0. The van der Waals surface area contributed by atoms with Gasteiger partial charge in [0.05, 0.1) is 6.20 Å². The third-order valence-electron chi connectivity index (χ3n) is 0.965. The maximum absolute atomic E-state index is 11.0. The van der Waals surface area contributed by atoms with Gasteiger partial charge in [-0.3, -0.25) is 4.79 Å². The van der Waals surface area contributed by atoms with E-state index in [9.17, 15) is 4.79 Å². The molecule has 0 saturated carbocycles. The highest BCUT2D eigenvalue weighted by Crippen LogP contribution is 2.00. The molecule has 0 aromatic carbocycles. The van der Waals surface area contributed by atoms with Gasteiger partial charge in [-0.2, -0.15) is 0 Å². The monoisotopic (exact) mass is 191 g/mol. The number of halogens is 1. The first kappa shape index (κ1) is 8.42. The normalized spacial score (nSPS) is 9.55. The minimum absolute atomic E-state index is 0.166. The van der Waals surface area contributed by atoms with Gasteiger partial charge in [-0.25, -0.2) is 0 Å². The van der Waals surface area contributed by atoms with E-state index in [1.54, 1.807) is 0 Å². The second-order valence-electron chi connectivity index (χ2n) is 1.73. The lowest BCUT2D eigenvalue weighted by molar-refractivity contribution is 0.0960. The molecule has 1 amide bonds. The number of alkyl halides is 1. The molecule has 1 heterocycles. The van der Waals surface area contributed by atoms with Gasteiger partial charge in [-0.05, 0) is 11.5 Å². The molecule has 0 unspecified atom stereocenters. The molecule has 6 heteroatoms. The van der Waals surface area contributed by atoms with E-state index in [4.69, 9.17) is 11.6 Å². The van der Waals surface area contributed by atoms with Gasteiger partial charge in [0, 0.05) is 12.4 Å². The van der Waals surface area contributed by atoms with E-state index in [0.29, 0.717) is 17.3 Å². The molecule has 0 fully saturated rings. The second kappa shape index (κ2) is 4.25. The summed E-state index contributed by atoms with van der Waals surface area (Å²) in [5.74, 6) is 0.249. The van der Waals surface area contributed by atoms with Crippen LogP contribution < -0.4 is 5.32 Å². The van der Waals surface area contributed by atoms with Crippen LogP contribution in [0.1, 0.15) is 9.67 Å². The smallest absolute Gasteiger partial charge is 0.264 e. The molecule has 0 aliphatic carbocycles. The van der Waals surface area contributed by atoms with Gasteiger partial charge in [-0.15, -0.1) is 16.7 Å². The molecule has 0 aliphatic heterocycles. The Hall–Kier alpha value is -0.680. The van der Waals surface area contributed by atoms with Crippen LogP contribution in [0.5, 0.6) is 0 Å². The zero-order valence-corrected chi connectivity index (χ0v) is 7.15. The summed E-state index contributed by atoms with van der Waals surface area (Å²) in [5.41, 5.74) is 0. The Kier molecular flexibility index (Phi) is 3.25. The van der Waals surface area contributed by atoms with Gasteiger partial charge in [0.1, 0.15) is 4.88 Å². The van der Waals surface area contributed by atoms with Crippen LogP contribution in [0, 0.1) is 0 Å². The molecule has 1 rings (SSSR count). The van der Waals surface area contributed by atoms with Crippen LogP contribution in [-0.4, -0.2) is 27.9 Å². The molecule has 0 aliphatic rings. The summed E-state index contributed by atoms with van der Waals surface area (Å²) in [6.07, 6.45) is 1.42. The van der Waals surface area contributed by atoms with Crippen LogP contribution in [0.15, 0.2) is 6.20 Å². The quantitative estimate of drug-likeness (QED) is 0.709. The molecule has 0 atom stereocenters. The fraction of sp³-hybridized carbons (Fsp3) is 0.400. The fourth-order valence-electron chi connectivity index (χ4n) is 0.515. The fourth-order valence-corrected chi connectivity index (χ4v) is 1.04. The molecule has 1 aromatic heterocycles. The Morgan fingerprint density at radius 1 is 1.82 bits per heavy atom. The lowest BCUT2D eigenvalue weighted by Gasteiger charge is -1.96. The summed E-state index contributed by atoms with van der Waals surface area (Å²) in [4.78, 5) is 11.5. The van der Waals surface area contributed by atoms with Gasteiger partial charge in [-0.1, -0.05) is 4.49 Å². The van der Waals surface area contributed by atoms with Crippen LogP contribution in [0.25, 0.3) is 0 Å². The summed E-state index contributed by atoms with van der Waals surface area (Å²) in [7, 11) is 0. The van der Waals surface area contributed by atoms with Crippen molar-refractivity contribution in [2.75, 3.05) is 12.4 Å². The third-order valence-corrected chi connectivity index (χ3v) is 1.82. The Bertz CT molecular complexity index is 226. The van der Waals surface area contributed by atoms with Crippen molar-refractivity contribution in [3.63, 3.8) is 0 Å². The zero-order chi connectivity index (χ0) is 8.10. The van der Waals surface area contributed by atoms with Crippen LogP contribution in [0.3, 0.4) is 0 Å². The van der Waals surface area contributed by atoms with Crippen molar-refractivity contribution >= 4 is 29.0 Å². The number of carbonyl (C=O) groups excluding carboxylic acids is 1. The lowest BCUT2D eigenvalue weighted by Crippen LogP contribution is -2.24. The maximum Gasteiger partial charge on any atom is 0.264 e. The summed E-state index contributed by atoms with van der Waals surface area (Å²) in [5, 5.41) is 6.12. The zero-order valence-electron chi connectivity index (χ0n) is 5.58. The van der Waals surface area contributed by atoms with E-state index in [-0.39, 0.29) is 5.91 Å². The Balaban J connectivity index is 2.43. The van der Waals surface area contributed by atoms with Gasteiger partial charge in [0.15, 0.2) is 0 Å². The molecule has 11 heavy (non-hydrogen) atoms. The second-order valence-corrected chi connectivity index (χ2v) is 2.89. The van der Waals surface area contributed by atoms with E-state index < -0.39 is 0 Å². The average molecular weight is 192 g/mol. The first-order valence-electron chi connectivity index (χ1n) is 2.96. The van der Waals surface area contributed by atoms with Crippen molar-refractivity contribution in [1.82, 2.24) is 14.9 Å². The highest BCUT2D eigenvalue weighted by molar-refractivity contribution is 7.07. The van der Waals surface area contributed by atoms with Crippen molar-refractivity contribution < 1.29 is 4.79 Å². The lowest BCUT2D eigenvalue weighted by atomic mass is 10.5. The van der Waals surface area contributed by atoms with Crippen LogP contribution in [0.2, 0.25) is 0 Å². The molecule has 1 N–H and O–H groups in total. The van der Waals surface area contributed by atoms with Gasteiger partial charge >= 0.3 is 0 Å². The van der Waals surface area contributed by atoms with Gasteiger partial charge in [0.2, 0.25) is 0 Å². The van der Waals surface area contributed by atoms with Crippen LogP contribution in [0.4, 0.5) is 0 Å². The van der Waals surface area contributed by atoms with E-state index in [1.807, 2.05) is 0 Å². The average Bonchev–Trinajstić information content (AvgIpc) is 2.52. The highest BCUT2D eigenvalue weighted by atomic mass is 35.5. The van der Waals surface area contributed by atoms with E-state index in [0.717, 1.165) is 11.5 Å². The number of carbonyl (C=O) groups is 1. The predicted molar refractivity (Wildman–Crippen MR) is 43.0 cm³/mol. The van der Waals surface area contributed by atoms with Crippen molar-refractivity contribution in [3.8, 4) is 0 Å². The summed E-state index contributed by atoms with van der Waals surface area (Å²) >= 11 is 6.43. The molecule has 60 valence electrons. The minimum atomic E-state index is -0.166. The van der Waals surface area contributed by atoms with Crippen molar-refractivity contribution in [2.24, 2.45) is 0 Å². The number of rotatable bonds is 3. The van der Waals surface area contributed by atoms with Gasteiger partial charge in [0.25, 0.3) is 5.91 Å². The molecular formula is C5H6ClN3OS. The van der Waals surface area contributed by atoms with Crippen LogP contribution >= 0.6 is 23.1 Å². The molecule has 0 bridgehead atoms. The highest BCUT2D eigenvalue weighted by Gasteiger charge is 2.05. The van der Waals surface area contributed by atoms with E-state index in [2.05, 4.69) is 14.9 Å². The van der Waals surface area contributed by atoms with E-state index in [1.165, 1.54) is 6.20 Å².